The van der Waals surface area contributed by atoms with Gasteiger partial charge in [0.15, 0.2) is 11.5 Å². The summed E-state index contributed by atoms with van der Waals surface area (Å²) in [6.07, 6.45) is 0.726. The number of oxazole rings is 1. The molecule has 1 heterocycles. The highest BCUT2D eigenvalue weighted by Crippen LogP contribution is 2.24. The summed E-state index contributed by atoms with van der Waals surface area (Å²) in [5.41, 5.74) is 1.55. The number of hydrogen-bond acceptors (Lipinski definition) is 3. The highest BCUT2D eigenvalue weighted by molar-refractivity contribution is 5.91. The fraction of sp³-hybridized carbons (Fsp3) is 0.385. The maximum absolute atomic E-state index is 10.8. The molecule has 17 heavy (non-hydrogen) atoms. The molecule has 1 aromatic heterocycles. The molecule has 1 aromatic carbocycles. The van der Waals surface area contributed by atoms with Crippen molar-refractivity contribution in [3.8, 4) is 0 Å². The SMILES string of the molecule is CC(C)(C)Cc1nc2ccc(C(=O)O)cc2o1. The maximum Gasteiger partial charge on any atom is 0.335 e. The number of benzene rings is 1. The first-order chi connectivity index (χ1) is 7.85. The van der Waals surface area contributed by atoms with Crippen molar-refractivity contribution in [1.82, 2.24) is 4.98 Å². The largest absolute Gasteiger partial charge is 0.478 e. The average molecular weight is 233 g/mol. The first-order valence-electron chi connectivity index (χ1n) is 5.48. The molecule has 4 nitrogen and oxygen atoms in total. The monoisotopic (exact) mass is 233 g/mol. The van der Waals surface area contributed by atoms with Crippen molar-refractivity contribution in [3.63, 3.8) is 0 Å². The van der Waals surface area contributed by atoms with Crippen molar-refractivity contribution in [1.29, 1.82) is 0 Å². The van der Waals surface area contributed by atoms with Gasteiger partial charge in [0, 0.05) is 6.42 Å². The molecule has 0 saturated carbocycles. The van der Waals surface area contributed by atoms with Crippen molar-refractivity contribution < 1.29 is 14.3 Å². The van der Waals surface area contributed by atoms with Gasteiger partial charge in [0.25, 0.3) is 0 Å². The molecule has 0 radical (unpaired) electrons. The summed E-state index contributed by atoms with van der Waals surface area (Å²) in [5, 5.41) is 8.88. The normalized spacial score (nSPS) is 11.9. The number of carboxylic acid groups (broad SMARTS) is 1. The molecule has 0 spiro atoms. The van der Waals surface area contributed by atoms with Crippen molar-refractivity contribution >= 4 is 17.1 Å². The van der Waals surface area contributed by atoms with Crippen LogP contribution in [0.25, 0.3) is 11.1 Å². The zero-order valence-electron chi connectivity index (χ0n) is 10.2. The van der Waals surface area contributed by atoms with Gasteiger partial charge in [-0.25, -0.2) is 9.78 Å². The van der Waals surface area contributed by atoms with Crippen molar-refractivity contribution in [2.24, 2.45) is 5.41 Å². The standard InChI is InChI=1S/C13H15NO3/c1-13(2,3)7-11-14-9-5-4-8(12(15)16)6-10(9)17-11/h4-6H,7H2,1-3H3,(H,15,16). The van der Waals surface area contributed by atoms with E-state index >= 15 is 0 Å². The topological polar surface area (TPSA) is 63.3 Å². The average Bonchev–Trinajstić information content (AvgIpc) is 2.54. The Morgan fingerprint density at radius 1 is 1.41 bits per heavy atom. The third-order valence-electron chi connectivity index (χ3n) is 2.36. The van der Waals surface area contributed by atoms with Gasteiger partial charge >= 0.3 is 5.97 Å². The molecule has 0 fully saturated rings. The fourth-order valence-electron chi connectivity index (χ4n) is 1.63. The van der Waals surface area contributed by atoms with E-state index in [1.807, 2.05) is 0 Å². The van der Waals surface area contributed by atoms with Crippen molar-refractivity contribution in [2.45, 2.75) is 27.2 Å². The summed E-state index contributed by atoms with van der Waals surface area (Å²) in [6.45, 7) is 6.31. The second-order valence-corrected chi connectivity index (χ2v) is 5.33. The van der Waals surface area contributed by atoms with E-state index in [0.717, 1.165) is 6.42 Å². The van der Waals surface area contributed by atoms with E-state index in [4.69, 9.17) is 9.52 Å². The van der Waals surface area contributed by atoms with E-state index in [0.29, 0.717) is 17.0 Å². The van der Waals surface area contributed by atoms with Crippen LogP contribution in [0.1, 0.15) is 37.0 Å². The lowest BCUT2D eigenvalue weighted by molar-refractivity contribution is 0.0697. The number of fused-ring (bicyclic) bond motifs is 1. The molecule has 2 rings (SSSR count). The van der Waals surface area contributed by atoms with Crippen LogP contribution in [0.2, 0.25) is 0 Å². The van der Waals surface area contributed by atoms with Crippen LogP contribution in [0, 0.1) is 5.41 Å². The van der Waals surface area contributed by atoms with Gasteiger partial charge in [-0.15, -0.1) is 0 Å². The molecular weight excluding hydrogens is 218 g/mol. The predicted molar refractivity (Wildman–Crippen MR) is 64.1 cm³/mol. The van der Waals surface area contributed by atoms with E-state index < -0.39 is 5.97 Å². The Morgan fingerprint density at radius 2 is 2.12 bits per heavy atom. The lowest BCUT2D eigenvalue weighted by Gasteiger charge is -2.14. The summed E-state index contributed by atoms with van der Waals surface area (Å²) in [7, 11) is 0. The molecule has 0 unspecified atom stereocenters. The highest BCUT2D eigenvalue weighted by atomic mass is 16.4. The van der Waals surface area contributed by atoms with Gasteiger partial charge in [0.2, 0.25) is 0 Å². The second-order valence-electron chi connectivity index (χ2n) is 5.33. The number of aromatic carboxylic acids is 1. The Kier molecular flexibility index (Phi) is 2.65. The smallest absolute Gasteiger partial charge is 0.335 e. The molecule has 2 aromatic rings. The van der Waals surface area contributed by atoms with Crippen LogP contribution >= 0.6 is 0 Å². The molecule has 0 aliphatic rings. The maximum atomic E-state index is 10.8. The summed E-state index contributed by atoms with van der Waals surface area (Å²) in [4.78, 5) is 15.2. The number of aromatic nitrogens is 1. The third kappa shape index (κ3) is 2.64. The number of carboxylic acids is 1. The van der Waals surface area contributed by atoms with E-state index in [1.165, 1.54) is 12.1 Å². The van der Waals surface area contributed by atoms with E-state index in [2.05, 4.69) is 25.8 Å². The van der Waals surface area contributed by atoms with Gasteiger partial charge in [-0.3, -0.25) is 0 Å². The predicted octanol–water partition coefficient (Wildman–Crippen LogP) is 3.11. The molecule has 4 heteroatoms. The van der Waals surface area contributed by atoms with Crippen LogP contribution in [0.3, 0.4) is 0 Å². The zero-order valence-corrected chi connectivity index (χ0v) is 10.2. The molecule has 0 saturated heterocycles. The molecule has 0 aliphatic carbocycles. The first kappa shape index (κ1) is 11.6. The Hall–Kier alpha value is -1.84. The number of carbonyl (C=O) groups is 1. The van der Waals surface area contributed by atoms with E-state index in [9.17, 15) is 4.79 Å². The Bertz CT molecular complexity index is 564. The Balaban J connectivity index is 2.40. The van der Waals surface area contributed by atoms with Crippen LogP contribution < -0.4 is 0 Å². The Labute approximate surface area is 99.3 Å². The molecule has 0 aliphatic heterocycles. The molecular formula is C13H15NO3. The number of nitrogens with zero attached hydrogens (tertiary/aromatic N) is 1. The number of hydrogen-bond donors (Lipinski definition) is 1. The molecule has 0 amide bonds. The fourth-order valence-corrected chi connectivity index (χ4v) is 1.63. The Morgan fingerprint density at radius 3 is 2.71 bits per heavy atom. The summed E-state index contributed by atoms with van der Waals surface area (Å²) < 4.78 is 5.56. The minimum atomic E-state index is -0.958. The van der Waals surface area contributed by atoms with Crippen LogP contribution in [-0.2, 0) is 6.42 Å². The lowest BCUT2D eigenvalue weighted by atomic mass is 9.92. The van der Waals surface area contributed by atoms with Crippen LogP contribution in [0.15, 0.2) is 22.6 Å². The quantitative estimate of drug-likeness (QED) is 0.865. The highest BCUT2D eigenvalue weighted by Gasteiger charge is 2.16. The van der Waals surface area contributed by atoms with Gasteiger partial charge in [-0.1, -0.05) is 20.8 Å². The molecule has 90 valence electrons. The van der Waals surface area contributed by atoms with Gasteiger partial charge in [0.05, 0.1) is 5.56 Å². The minimum absolute atomic E-state index is 0.0938. The lowest BCUT2D eigenvalue weighted by Crippen LogP contribution is -2.09. The van der Waals surface area contributed by atoms with Gasteiger partial charge in [-0.05, 0) is 23.6 Å². The first-order valence-corrected chi connectivity index (χ1v) is 5.48. The van der Waals surface area contributed by atoms with Crippen LogP contribution in [0.5, 0.6) is 0 Å². The summed E-state index contributed by atoms with van der Waals surface area (Å²) in [5.74, 6) is -0.310. The summed E-state index contributed by atoms with van der Waals surface area (Å²) in [6, 6.07) is 4.72. The van der Waals surface area contributed by atoms with E-state index in [1.54, 1.807) is 6.07 Å². The molecule has 1 N–H and O–H groups in total. The van der Waals surface area contributed by atoms with Crippen molar-refractivity contribution in [2.75, 3.05) is 0 Å². The third-order valence-corrected chi connectivity index (χ3v) is 2.36. The van der Waals surface area contributed by atoms with E-state index in [-0.39, 0.29) is 11.0 Å². The zero-order chi connectivity index (χ0) is 12.6. The van der Waals surface area contributed by atoms with Crippen molar-refractivity contribution in [3.05, 3.63) is 29.7 Å². The van der Waals surface area contributed by atoms with Crippen LogP contribution in [-0.4, -0.2) is 16.1 Å². The minimum Gasteiger partial charge on any atom is -0.478 e. The van der Waals surface area contributed by atoms with Gasteiger partial charge in [-0.2, -0.15) is 0 Å². The molecule has 0 bridgehead atoms. The second kappa shape index (κ2) is 3.87. The number of rotatable bonds is 2. The molecule has 0 atom stereocenters. The van der Waals surface area contributed by atoms with Crippen LogP contribution in [0.4, 0.5) is 0 Å². The van der Waals surface area contributed by atoms with Gasteiger partial charge in [0.1, 0.15) is 5.52 Å². The van der Waals surface area contributed by atoms with Gasteiger partial charge < -0.3 is 9.52 Å². The summed E-state index contributed by atoms with van der Waals surface area (Å²) >= 11 is 0.